The fourth-order valence-electron chi connectivity index (χ4n) is 2.12. The fraction of sp³-hybridized carbons (Fsp3) is 0. The van der Waals surface area contributed by atoms with Crippen molar-refractivity contribution >= 4 is 17.9 Å². The van der Waals surface area contributed by atoms with Gasteiger partial charge in [0.25, 0.3) is 5.69 Å². The number of rotatable bonds is 3. The Balaban J connectivity index is 2.06. The molecule has 3 aromatic rings. The van der Waals surface area contributed by atoms with Crippen LogP contribution in [0.5, 0.6) is 0 Å². The van der Waals surface area contributed by atoms with Gasteiger partial charge in [-0.15, -0.1) is 0 Å². The van der Waals surface area contributed by atoms with Gasteiger partial charge in [-0.3, -0.25) is 10.1 Å². The van der Waals surface area contributed by atoms with E-state index in [-0.39, 0.29) is 5.69 Å². The Labute approximate surface area is 131 Å². The second-order valence-electron chi connectivity index (χ2n) is 4.64. The summed E-state index contributed by atoms with van der Waals surface area (Å²) in [7, 11) is 0. The number of nitro benzene ring substituents is 1. The van der Waals surface area contributed by atoms with Gasteiger partial charge in [-0.2, -0.15) is 0 Å². The zero-order valence-corrected chi connectivity index (χ0v) is 12.2. The average Bonchev–Trinajstić information content (AvgIpc) is 2.56. The van der Waals surface area contributed by atoms with Gasteiger partial charge >= 0.3 is 0 Å². The number of non-ortho nitro benzene ring substituents is 1. The molecule has 0 fully saturated rings. The van der Waals surface area contributed by atoms with Crippen molar-refractivity contribution in [1.29, 1.82) is 0 Å². The highest BCUT2D eigenvalue weighted by Crippen LogP contribution is 2.21. The largest absolute Gasteiger partial charge is 0.307 e. The lowest BCUT2D eigenvalue weighted by Crippen LogP contribution is -1.98. The number of nitro groups is 1. The minimum atomic E-state index is -0.422. The predicted octanol–water partition coefficient (Wildman–Crippen LogP) is 4.18. The van der Waals surface area contributed by atoms with E-state index in [2.05, 4.69) is 4.98 Å². The van der Waals surface area contributed by atoms with E-state index in [1.807, 2.05) is 36.5 Å². The standard InChI is InChI=1S/C16H11N3O2S/c20-19(21)14-8-6-13(7-9-14)18-10-15(16(22)17-11-18)12-4-2-1-3-5-12/h1-11H. The van der Waals surface area contributed by atoms with E-state index in [0.717, 1.165) is 16.8 Å². The van der Waals surface area contributed by atoms with Crippen LogP contribution in [-0.4, -0.2) is 14.5 Å². The van der Waals surface area contributed by atoms with Crippen LogP contribution in [0.25, 0.3) is 16.8 Å². The summed E-state index contributed by atoms with van der Waals surface area (Å²) in [6.07, 6.45) is 3.49. The predicted molar refractivity (Wildman–Crippen MR) is 86.5 cm³/mol. The van der Waals surface area contributed by atoms with Crippen molar-refractivity contribution in [2.24, 2.45) is 0 Å². The van der Waals surface area contributed by atoms with Crippen LogP contribution in [0.2, 0.25) is 0 Å². The molecule has 0 saturated heterocycles. The van der Waals surface area contributed by atoms with Gasteiger partial charge in [0.05, 0.1) is 4.92 Å². The third kappa shape index (κ3) is 2.77. The molecular formula is C16H11N3O2S. The van der Waals surface area contributed by atoms with Gasteiger partial charge in [0.2, 0.25) is 0 Å². The molecule has 0 aliphatic heterocycles. The van der Waals surface area contributed by atoms with E-state index in [4.69, 9.17) is 12.2 Å². The van der Waals surface area contributed by atoms with E-state index in [1.54, 1.807) is 23.0 Å². The van der Waals surface area contributed by atoms with Gasteiger partial charge in [-0.25, -0.2) is 4.98 Å². The van der Waals surface area contributed by atoms with Crippen molar-refractivity contribution in [3.63, 3.8) is 0 Å². The maximum Gasteiger partial charge on any atom is 0.269 e. The van der Waals surface area contributed by atoms with Crippen LogP contribution in [0.15, 0.2) is 67.1 Å². The molecule has 0 amide bonds. The lowest BCUT2D eigenvalue weighted by molar-refractivity contribution is -0.384. The summed E-state index contributed by atoms with van der Waals surface area (Å²) in [6.45, 7) is 0. The van der Waals surface area contributed by atoms with Crippen LogP contribution in [0, 0.1) is 14.8 Å². The molecule has 6 heteroatoms. The van der Waals surface area contributed by atoms with Gasteiger partial charge in [0.1, 0.15) is 11.0 Å². The zero-order chi connectivity index (χ0) is 15.5. The first kappa shape index (κ1) is 14.1. The topological polar surface area (TPSA) is 61.0 Å². The van der Waals surface area contributed by atoms with E-state index in [0.29, 0.717) is 4.64 Å². The molecule has 0 atom stereocenters. The molecule has 108 valence electrons. The summed E-state index contributed by atoms with van der Waals surface area (Å²) in [5.41, 5.74) is 2.67. The highest BCUT2D eigenvalue weighted by atomic mass is 32.1. The van der Waals surface area contributed by atoms with Crippen LogP contribution in [0.1, 0.15) is 0 Å². The first-order valence-electron chi connectivity index (χ1n) is 6.54. The molecule has 22 heavy (non-hydrogen) atoms. The van der Waals surface area contributed by atoms with Crippen molar-refractivity contribution in [2.45, 2.75) is 0 Å². The maximum absolute atomic E-state index is 10.7. The Morgan fingerprint density at radius 2 is 1.73 bits per heavy atom. The molecule has 2 aromatic carbocycles. The summed E-state index contributed by atoms with van der Waals surface area (Å²) in [5.74, 6) is 0. The molecule has 1 aromatic heterocycles. The molecular weight excluding hydrogens is 298 g/mol. The molecule has 5 nitrogen and oxygen atoms in total. The van der Waals surface area contributed by atoms with Crippen LogP contribution in [-0.2, 0) is 0 Å². The van der Waals surface area contributed by atoms with E-state index >= 15 is 0 Å². The molecule has 0 saturated carbocycles. The minimum Gasteiger partial charge on any atom is -0.307 e. The summed E-state index contributed by atoms with van der Waals surface area (Å²) < 4.78 is 2.31. The summed E-state index contributed by atoms with van der Waals surface area (Å²) in [6, 6.07) is 16.0. The molecule has 0 unspecified atom stereocenters. The van der Waals surface area contributed by atoms with Crippen LogP contribution in [0.4, 0.5) is 5.69 Å². The Hall–Kier alpha value is -2.86. The maximum atomic E-state index is 10.7. The highest BCUT2D eigenvalue weighted by Gasteiger charge is 2.06. The monoisotopic (exact) mass is 309 g/mol. The highest BCUT2D eigenvalue weighted by molar-refractivity contribution is 7.71. The Kier molecular flexibility index (Phi) is 3.76. The van der Waals surface area contributed by atoms with E-state index in [9.17, 15) is 10.1 Å². The Bertz CT molecular complexity index is 874. The van der Waals surface area contributed by atoms with Crippen molar-refractivity contribution in [2.75, 3.05) is 0 Å². The number of nitrogens with zero attached hydrogens (tertiary/aromatic N) is 3. The molecule has 3 rings (SSSR count). The third-order valence-electron chi connectivity index (χ3n) is 3.24. The smallest absolute Gasteiger partial charge is 0.269 e. The summed E-state index contributed by atoms with van der Waals surface area (Å²) in [5, 5.41) is 10.7. The molecule has 1 heterocycles. The second kappa shape index (κ2) is 5.87. The SMILES string of the molecule is O=[N+]([O-])c1ccc(-n2cnc(=S)c(-c3ccccc3)c2)cc1. The van der Waals surface area contributed by atoms with Gasteiger partial charge in [0.15, 0.2) is 0 Å². The van der Waals surface area contributed by atoms with E-state index < -0.39 is 4.92 Å². The molecule has 0 aliphatic rings. The molecule has 0 spiro atoms. The van der Waals surface area contributed by atoms with Crippen LogP contribution in [0.3, 0.4) is 0 Å². The van der Waals surface area contributed by atoms with E-state index in [1.165, 1.54) is 12.1 Å². The first-order chi connectivity index (χ1) is 10.6. The molecule has 0 bridgehead atoms. The quantitative estimate of drug-likeness (QED) is 0.414. The third-order valence-corrected chi connectivity index (χ3v) is 3.57. The Morgan fingerprint density at radius 3 is 2.36 bits per heavy atom. The van der Waals surface area contributed by atoms with Crippen molar-refractivity contribution in [3.8, 4) is 16.8 Å². The van der Waals surface area contributed by atoms with Crippen molar-refractivity contribution in [1.82, 2.24) is 9.55 Å². The lowest BCUT2D eigenvalue weighted by atomic mass is 10.1. The zero-order valence-electron chi connectivity index (χ0n) is 11.4. The van der Waals surface area contributed by atoms with Gasteiger partial charge in [-0.05, 0) is 17.7 Å². The summed E-state index contributed by atoms with van der Waals surface area (Å²) >= 11 is 5.28. The minimum absolute atomic E-state index is 0.0560. The van der Waals surface area contributed by atoms with Gasteiger partial charge < -0.3 is 4.57 Å². The normalized spacial score (nSPS) is 10.4. The number of hydrogen-bond donors (Lipinski definition) is 0. The molecule has 0 N–H and O–H groups in total. The van der Waals surface area contributed by atoms with Crippen molar-refractivity contribution < 1.29 is 4.92 Å². The lowest BCUT2D eigenvalue weighted by Gasteiger charge is -2.09. The van der Waals surface area contributed by atoms with Crippen LogP contribution >= 0.6 is 12.2 Å². The van der Waals surface area contributed by atoms with Gasteiger partial charge in [0, 0.05) is 29.6 Å². The number of benzene rings is 2. The Morgan fingerprint density at radius 1 is 1.05 bits per heavy atom. The van der Waals surface area contributed by atoms with Crippen LogP contribution < -0.4 is 0 Å². The van der Waals surface area contributed by atoms with Gasteiger partial charge in [-0.1, -0.05) is 42.5 Å². The average molecular weight is 309 g/mol. The number of aromatic nitrogens is 2. The second-order valence-corrected chi connectivity index (χ2v) is 5.03. The number of hydrogen-bond acceptors (Lipinski definition) is 4. The molecule has 0 radical (unpaired) electrons. The fourth-order valence-corrected chi connectivity index (χ4v) is 2.33. The first-order valence-corrected chi connectivity index (χ1v) is 6.94. The van der Waals surface area contributed by atoms with Crippen molar-refractivity contribution in [3.05, 3.63) is 81.9 Å². The molecule has 0 aliphatic carbocycles. The summed E-state index contributed by atoms with van der Waals surface area (Å²) in [4.78, 5) is 14.5.